The molecule has 0 radical (unpaired) electrons. The SMILES string of the molecule is CC(C)C[C@@H](NC(=O)c1cc(C2CC2)n(C)n1)C(=O)O. The van der Waals surface area contributed by atoms with Crippen LogP contribution in [0.4, 0.5) is 0 Å². The molecular weight excluding hydrogens is 258 g/mol. The molecule has 0 aliphatic heterocycles. The lowest BCUT2D eigenvalue weighted by molar-refractivity contribution is -0.139. The van der Waals surface area contributed by atoms with E-state index in [2.05, 4.69) is 10.4 Å². The van der Waals surface area contributed by atoms with E-state index in [1.54, 1.807) is 10.7 Å². The number of carboxylic acid groups (broad SMARTS) is 1. The van der Waals surface area contributed by atoms with Crippen LogP contribution < -0.4 is 5.32 Å². The van der Waals surface area contributed by atoms with Crippen molar-refractivity contribution < 1.29 is 14.7 Å². The van der Waals surface area contributed by atoms with Crippen molar-refractivity contribution in [3.8, 4) is 0 Å². The first kappa shape index (κ1) is 14.6. The Morgan fingerprint density at radius 2 is 2.15 bits per heavy atom. The van der Waals surface area contributed by atoms with E-state index in [4.69, 9.17) is 5.11 Å². The second-order valence-electron chi connectivity index (χ2n) is 5.85. The molecule has 1 amide bonds. The molecule has 0 spiro atoms. The van der Waals surface area contributed by atoms with Gasteiger partial charge in [0.15, 0.2) is 0 Å². The topological polar surface area (TPSA) is 84.2 Å². The van der Waals surface area contributed by atoms with Crippen molar-refractivity contribution >= 4 is 11.9 Å². The molecule has 1 atom stereocenters. The largest absolute Gasteiger partial charge is 0.480 e. The molecule has 1 aromatic heterocycles. The predicted molar refractivity (Wildman–Crippen MR) is 73.5 cm³/mol. The van der Waals surface area contributed by atoms with Crippen LogP contribution in [0.15, 0.2) is 6.07 Å². The van der Waals surface area contributed by atoms with Crippen molar-refractivity contribution in [3.05, 3.63) is 17.5 Å². The van der Waals surface area contributed by atoms with E-state index in [0.717, 1.165) is 18.5 Å². The van der Waals surface area contributed by atoms with Gasteiger partial charge in [-0.3, -0.25) is 9.48 Å². The number of carboxylic acids is 1. The molecular formula is C14H21N3O3. The summed E-state index contributed by atoms with van der Waals surface area (Å²) < 4.78 is 1.71. The summed E-state index contributed by atoms with van der Waals surface area (Å²) in [4.78, 5) is 23.3. The molecule has 1 heterocycles. The number of hydrogen-bond donors (Lipinski definition) is 2. The summed E-state index contributed by atoms with van der Waals surface area (Å²) in [6.45, 7) is 3.85. The number of hydrogen-bond acceptors (Lipinski definition) is 3. The van der Waals surface area contributed by atoms with Gasteiger partial charge in [0.2, 0.25) is 0 Å². The fourth-order valence-corrected chi connectivity index (χ4v) is 2.28. The Morgan fingerprint density at radius 1 is 1.50 bits per heavy atom. The minimum absolute atomic E-state index is 0.196. The van der Waals surface area contributed by atoms with Crippen LogP contribution in [0.1, 0.15) is 55.2 Å². The normalized spacial score (nSPS) is 16.2. The molecule has 1 aliphatic rings. The van der Waals surface area contributed by atoms with Crippen molar-refractivity contribution in [2.75, 3.05) is 0 Å². The Balaban J connectivity index is 2.06. The Morgan fingerprint density at radius 3 is 2.65 bits per heavy atom. The zero-order chi connectivity index (χ0) is 14.9. The lowest BCUT2D eigenvalue weighted by Gasteiger charge is -2.15. The molecule has 6 nitrogen and oxygen atoms in total. The summed E-state index contributed by atoms with van der Waals surface area (Å²) in [6, 6.07) is 0.898. The summed E-state index contributed by atoms with van der Waals surface area (Å²) in [6.07, 6.45) is 2.67. The standard InChI is InChI=1S/C14H21N3O3/c1-8(2)6-11(14(19)20)15-13(18)10-7-12(9-4-5-9)17(3)16-10/h7-9,11H,4-6H2,1-3H3,(H,15,18)(H,19,20)/t11-/m1/s1. The average molecular weight is 279 g/mol. The van der Waals surface area contributed by atoms with Gasteiger partial charge in [-0.15, -0.1) is 0 Å². The van der Waals surface area contributed by atoms with Crippen LogP contribution in [0.2, 0.25) is 0 Å². The summed E-state index contributed by atoms with van der Waals surface area (Å²) in [5.74, 6) is -0.729. The number of aryl methyl sites for hydroxylation is 1. The van der Waals surface area contributed by atoms with Crippen molar-refractivity contribution in [1.82, 2.24) is 15.1 Å². The van der Waals surface area contributed by atoms with Crippen LogP contribution in [-0.2, 0) is 11.8 Å². The molecule has 1 aliphatic carbocycles. The Hall–Kier alpha value is -1.85. The zero-order valence-electron chi connectivity index (χ0n) is 12.1. The van der Waals surface area contributed by atoms with E-state index in [1.807, 2.05) is 20.9 Å². The second kappa shape index (κ2) is 5.64. The lowest BCUT2D eigenvalue weighted by atomic mass is 10.0. The van der Waals surface area contributed by atoms with Gasteiger partial charge in [-0.05, 0) is 31.2 Å². The minimum atomic E-state index is -1.01. The van der Waals surface area contributed by atoms with Crippen LogP contribution in [0.5, 0.6) is 0 Å². The Bertz CT molecular complexity index is 518. The highest BCUT2D eigenvalue weighted by atomic mass is 16.4. The molecule has 0 saturated heterocycles. The first-order valence-electron chi connectivity index (χ1n) is 6.96. The van der Waals surface area contributed by atoms with E-state index < -0.39 is 17.9 Å². The smallest absolute Gasteiger partial charge is 0.326 e. The summed E-state index contributed by atoms with van der Waals surface area (Å²) in [5, 5.41) is 15.9. The lowest BCUT2D eigenvalue weighted by Crippen LogP contribution is -2.41. The minimum Gasteiger partial charge on any atom is -0.480 e. The van der Waals surface area contributed by atoms with E-state index in [1.165, 1.54) is 0 Å². The summed E-state index contributed by atoms with van der Waals surface area (Å²) >= 11 is 0. The Labute approximate surface area is 118 Å². The van der Waals surface area contributed by atoms with Crippen LogP contribution in [0.25, 0.3) is 0 Å². The van der Waals surface area contributed by atoms with Gasteiger partial charge >= 0.3 is 5.97 Å². The summed E-state index contributed by atoms with van der Waals surface area (Å²) in [5.41, 5.74) is 1.34. The molecule has 1 fully saturated rings. The third kappa shape index (κ3) is 3.37. The molecule has 20 heavy (non-hydrogen) atoms. The second-order valence-corrected chi connectivity index (χ2v) is 5.85. The molecule has 1 aromatic rings. The monoisotopic (exact) mass is 279 g/mol. The first-order valence-corrected chi connectivity index (χ1v) is 6.96. The van der Waals surface area contributed by atoms with Gasteiger partial charge < -0.3 is 10.4 Å². The molecule has 0 bridgehead atoms. The van der Waals surface area contributed by atoms with Gasteiger partial charge in [-0.25, -0.2) is 4.79 Å². The maximum Gasteiger partial charge on any atom is 0.326 e. The number of aliphatic carboxylic acids is 1. The van der Waals surface area contributed by atoms with Crippen LogP contribution in [0, 0.1) is 5.92 Å². The maximum atomic E-state index is 12.1. The van der Waals surface area contributed by atoms with Crippen molar-refractivity contribution in [3.63, 3.8) is 0 Å². The third-order valence-corrected chi connectivity index (χ3v) is 3.45. The van der Waals surface area contributed by atoms with Crippen molar-refractivity contribution in [2.24, 2.45) is 13.0 Å². The first-order chi connectivity index (χ1) is 9.38. The van der Waals surface area contributed by atoms with Crippen LogP contribution >= 0.6 is 0 Å². The number of carbonyl (C=O) groups excluding carboxylic acids is 1. The molecule has 1 saturated carbocycles. The van der Waals surface area contributed by atoms with Gasteiger partial charge in [0.05, 0.1) is 0 Å². The molecule has 2 N–H and O–H groups in total. The highest BCUT2D eigenvalue weighted by molar-refractivity contribution is 5.95. The molecule has 0 aromatic carbocycles. The highest BCUT2D eigenvalue weighted by Crippen LogP contribution is 2.39. The molecule has 0 unspecified atom stereocenters. The van der Waals surface area contributed by atoms with Gasteiger partial charge in [-0.1, -0.05) is 13.8 Å². The maximum absolute atomic E-state index is 12.1. The fraction of sp³-hybridized carbons (Fsp3) is 0.643. The average Bonchev–Trinajstić information content (AvgIpc) is 3.11. The number of carbonyl (C=O) groups is 2. The van der Waals surface area contributed by atoms with Crippen LogP contribution in [-0.4, -0.2) is 32.8 Å². The zero-order valence-corrected chi connectivity index (χ0v) is 12.1. The van der Waals surface area contributed by atoms with E-state index >= 15 is 0 Å². The highest BCUT2D eigenvalue weighted by Gasteiger charge is 2.29. The van der Waals surface area contributed by atoms with Crippen molar-refractivity contribution in [1.29, 1.82) is 0 Å². The molecule has 110 valence electrons. The van der Waals surface area contributed by atoms with Crippen molar-refractivity contribution in [2.45, 2.75) is 45.1 Å². The predicted octanol–water partition coefficient (Wildman–Crippen LogP) is 1.53. The number of amides is 1. The van der Waals surface area contributed by atoms with E-state index in [0.29, 0.717) is 18.0 Å². The number of aromatic nitrogens is 2. The van der Waals surface area contributed by atoms with E-state index in [9.17, 15) is 9.59 Å². The number of rotatable bonds is 6. The number of nitrogens with zero attached hydrogens (tertiary/aromatic N) is 2. The van der Waals surface area contributed by atoms with Gasteiger partial charge in [0, 0.05) is 18.7 Å². The quantitative estimate of drug-likeness (QED) is 0.827. The third-order valence-electron chi connectivity index (χ3n) is 3.45. The number of nitrogens with one attached hydrogen (secondary N) is 1. The van der Waals surface area contributed by atoms with Gasteiger partial charge in [0.25, 0.3) is 5.91 Å². The van der Waals surface area contributed by atoms with Crippen LogP contribution in [0.3, 0.4) is 0 Å². The van der Waals surface area contributed by atoms with Gasteiger partial charge in [-0.2, -0.15) is 5.10 Å². The van der Waals surface area contributed by atoms with E-state index in [-0.39, 0.29) is 5.92 Å². The summed E-state index contributed by atoms with van der Waals surface area (Å²) in [7, 11) is 1.81. The fourth-order valence-electron chi connectivity index (χ4n) is 2.28. The Kier molecular flexibility index (Phi) is 4.11. The van der Waals surface area contributed by atoms with Gasteiger partial charge in [0.1, 0.15) is 11.7 Å². The molecule has 6 heteroatoms. The molecule has 2 rings (SSSR count).